The molecule has 1 aliphatic rings. The molecule has 58 valence electrons. The van der Waals surface area contributed by atoms with Crippen LogP contribution in [0.15, 0.2) is 17.3 Å². The van der Waals surface area contributed by atoms with E-state index >= 15 is 0 Å². The van der Waals surface area contributed by atoms with Crippen molar-refractivity contribution in [3.8, 4) is 0 Å². The minimum atomic E-state index is 0.867. The number of aromatic nitrogens is 2. The van der Waals surface area contributed by atoms with Crippen LogP contribution in [0.2, 0.25) is 0 Å². The smallest absolute Gasteiger partial charge is 0.149 e. The minimum Gasteiger partial charge on any atom is -0.367 e. The average Bonchev–Trinajstić information content (AvgIpc) is 2.55. The van der Waals surface area contributed by atoms with Crippen molar-refractivity contribution >= 4 is 5.84 Å². The lowest BCUT2D eigenvalue weighted by Crippen LogP contribution is -2.20. The highest BCUT2D eigenvalue weighted by Gasteiger charge is 2.09. The molecule has 1 aromatic heterocycles. The lowest BCUT2D eigenvalue weighted by Gasteiger charge is -1.94. The third-order valence-electron chi connectivity index (χ3n) is 1.63. The fraction of sp³-hybridized carbons (Fsp3) is 0.429. The van der Waals surface area contributed by atoms with Gasteiger partial charge in [-0.15, -0.1) is 0 Å². The highest BCUT2D eigenvalue weighted by atomic mass is 15.3. The van der Waals surface area contributed by atoms with E-state index in [0.29, 0.717) is 0 Å². The van der Waals surface area contributed by atoms with Crippen molar-refractivity contribution in [1.29, 1.82) is 0 Å². The Morgan fingerprint density at radius 1 is 1.64 bits per heavy atom. The predicted octanol–water partition coefficient (Wildman–Crippen LogP) is -0.230. The summed E-state index contributed by atoms with van der Waals surface area (Å²) in [5.74, 6) is 0.922. The molecule has 0 saturated heterocycles. The predicted molar refractivity (Wildman–Crippen MR) is 42.6 cm³/mol. The zero-order chi connectivity index (χ0) is 7.68. The molecule has 0 fully saturated rings. The Bertz CT molecular complexity index is 286. The molecule has 0 spiro atoms. The molecule has 0 aliphatic carbocycles. The van der Waals surface area contributed by atoms with Crippen LogP contribution in [0, 0.1) is 0 Å². The second kappa shape index (κ2) is 2.38. The molecule has 0 saturated carbocycles. The molecule has 2 heterocycles. The van der Waals surface area contributed by atoms with E-state index in [1.165, 1.54) is 0 Å². The molecule has 1 aliphatic heterocycles. The normalized spacial score (nSPS) is 16.3. The molecule has 0 atom stereocenters. The highest BCUT2D eigenvalue weighted by molar-refractivity contribution is 5.97. The molecule has 1 aromatic rings. The molecule has 11 heavy (non-hydrogen) atoms. The van der Waals surface area contributed by atoms with Crippen LogP contribution in [-0.4, -0.2) is 28.7 Å². The molecule has 4 nitrogen and oxygen atoms in total. The van der Waals surface area contributed by atoms with Gasteiger partial charge in [-0.1, -0.05) is 0 Å². The van der Waals surface area contributed by atoms with Gasteiger partial charge in [-0.2, -0.15) is 5.10 Å². The first-order valence-corrected chi connectivity index (χ1v) is 3.64. The van der Waals surface area contributed by atoms with Crippen molar-refractivity contribution in [3.05, 3.63) is 18.0 Å². The molecule has 0 aromatic carbocycles. The van der Waals surface area contributed by atoms with Gasteiger partial charge in [0.25, 0.3) is 0 Å². The summed E-state index contributed by atoms with van der Waals surface area (Å²) in [7, 11) is 1.90. The molecule has 2 rings (SSSR count). The number of aliphatic imine (C=N–C) groups is 1. The van der Waals surface area contributed by atoms with Gasteiger partial charge in [0.15, 0.2) is 0 Å². The van der Waals surface area contributed by atoms with E-state index in [-0.39, 0.29) is 0 Å². The number of rotatable bonds is 1. The monoisotopic (exact) mass is 150 g/mol. The van der Waals surface area contributed by atoms with Crippen molar-refractivity contribution in [2.45, 2.75) is 0 Å². The maximum absolute atomic E-state index is 4.25. The molecular formula is C7H10N4. The summed E-state index contributed by atoms with van der Waals surface area (Å²) in [5, 5.41) is 7.38. The zero-order valence-corrected chi connectivity index (χ0v) is 6.41. The molecule has 0 bridgehead atoms. The average molecular weight is 150 g/mol. The van der Waals surface area contributed by atoms with Crippen LogP contribution in [0.1, 0.15) is 5.69 Å². The summed E-state index contributed by atoms with van der Waals surface area (Å²) in [6, 6.07) is 1.96. The van der Waals surface area contributed by atoms with Crippen LogP contribution in [0.4, 0.5) is 0 Å². The van der Waals surface area contributed by atoms with Crippen LogP contribution in [0.3, 0.4) is 0 Å². The number of amidine groups is 1. The topological polar surface area (TPSA) is 42.2 Å². The van der Waals surface area contributed by atoms with Gasteiger partial charge in [-0.05, 0) is 6.07 Å². The quantitative estimate of drug-likeness (QED) is 0.601. The van der Waals surface area contributed by atoms with E-state index in [1.54, 1.807) is 4.68 Å². The molecule has 0 amide bonds. The van der Waals surface area contributed by atoms with Gasteiger partial charge in [0.05, 0.1) is 6.54 Å². The number of nitrogens with one attached hydrogen (secondary N) is 1. The second-order valence-electron chi connectivity index (χ2n) is 2.53. The minimum absolute atomic E-state index is 0.867. The number of nitrogens with zero attached hydrogens (tertiary/aromatic N) is 3. The number of aryl methyl sites for hydroxylation is 1. The standard InChI is InChI=1S/C7H10N4/c1-11-5-2-6(10-11)7-8-3-4-9-7/h2,5H,3-4H2,1H3,(H,8,9). The summed E-state index contributed by atoms with van der Waals surface area (Å²) in [6.45, 7) is 1.80. The molecule has 1 N–H and O–H groups in total. The molecule has 4 heteroatoms. The Hall–Kier alpha value is -1.32. The SMILES string of the molecule is Cn1ccc(C2=NCCN2)n1. The third kappa shape index (κ3) is 1.11. The summed E-state index contributed by atoms with van der Waals surface area (Å²) in [5.41, 5.74) is 0.935. The van der Waals surface area contributed by atoms with Gasteiger partial charge in [0.2, 0.25) is 0 Å². The lowest BCUT2D eigenvalue weighted by molar-refractivity contribution is 0.763. The first-order valence-electron chi connectivity index (χ1n) is 3.64. The Labute approximate surface area is 64.9 Å². The Morgan fingerprint density at radius 2 is 2.55 bits per heavy atom. The molecule has 0 radical (unpaired) electrons. The first kappa shape index (κ1) is 6.39. The van der Waals surface area contributed by atoms with Gasteiger partial charge in [-0.25, -0.2) is 0 Å². The summed E-state index contributed by atoms with van der Waals surface area (Å²) < 4.78 is 1.78. The van der Waals surface area contributed by atoms with Crippen molar-refractivity contribution in [3.63, 3.8) is 0 Å². The van der Waals surface area contributed by atoms with Crippen LogP contribution >= 0.6 is 0 Å². The molecule has 0 unspecified atom stereocenters. The fourth-order valence-electron chi connectivity index (χ4n) is 1.11. The van der Waals surface area contributed by atoms with Crippen LogP contribution in [0.5, 0.6) is 0 Å². The van der Waals surface area contributed by atoms with Crippen LogP contribution in [-0.2, 0) is 7.05 Å². The molecular weight excluding hydrogens is 140 g/mol. The summed E-state index contributed by atoms with van der Waals surface area (Å²) in [4.78, 5) is 4.25. The van der Waals surface area contributed by atoms with Crippen LogP contribution in [0.25, 0.3) is 0 Å². The van der Waals surface area contributed by atoms with Crippen molar-refractivity contribution in [2.75, 3.05) is 13.1 Å². The zero-order valence-electron chi connectivity index (χ0n) is 6.41. The van der Waals surface area contributed by atoms with Crippen molar-refractivity contribution in [2.24, 2.45) is 12.0 Å². The Balaban J connectivity index is 2.28. The van der Waals surface area contributed by atoms with E-state index in [1.807, 2.05) is 19.3 Å². The maximum atomic E-state index is 4.25. The fourth-order valence-corrected chi connectivity index (χ4v) is 1.11. The van der Waals surface area contributed by atoms with Gasteiger partial charge in [0, 0.05) is 19.8 Å². The van der Waals surface area contributed by atoms with Gasteiger partial charge in [-0.3, -0.25) is 9.67 Å². The number of hydrogen-bond acceptors (Lipinski definition) is 3. The first-order chi connectivity index (χ1) is 5.36. The van der Waals surface area contributed by atoms with Crippen molar-refractivity contribution in [1.82, 2.24) is 15.1 Å². The van der Waals surface area contributed by atoms with E-state index < -0.39 is 0 Å². The van der Waals surface area contributed by atoms with E-state index in [2.05, 4.69) is 15.4 Å². The Morgan fingerprint density at radius 3 is 3.09 bits per heavy atom. The van der Waals surface area contributed by atoms with Gasteiger partial charge in [0.1, 0.15) is 11.5 Å². The van der Waals surface area contributed by atoms with E-state index in [9.17, 15) is 0 Å². The third-order valence-corrected chi connectivity index (χ3v) is 1.63. The Kier molecular flexibility index (Phi) is 1.38. The maximum Gasteiger partial charge on any atom is 0.149 e. The van der Waals surface area contributed by atoms with Crippen LogP contribution < -0.4 is 5.32 Å². The largest absolute Gasteiger partial charge is 0.367 e. The summed E-state index contributed by atoms with van der Waals surface area (Å²) in [6.07, 6.45) is 1.91. The lowest BCUT2D eigenvalue weighted by atomic mass is 10.4. The number of hydrogen-bond donors (Lipinski definition) is 1. The van der Waals surface area contributed by atoms with Gasteiger partial charge < -0.3 is 5.32 Å². The van der Waals surface area contributed by atoms with E-state index in [4.69, 9.17) is 0 Å². The second-order valence-corrected chi connectivity index (χ2v) is 2.53. The van der Waals surface area contributed by atoms with E-state index in [0.717, 1.165) is 24.6 Å². The van der Waals surface area contributed by atoms with Gasteiger partial charge >= 0.3 is 0 Å². The van der Waals surface area contributed by atoms with Crippen molar-refractivity contribution < 1.29 is 0 Å². The highest BCUT2D eigenvalue weighted by Crippen LogP contribution is 1.98. The summed E-state index contributed by atoms with van der Waals surface area (Å²) >= 11 is 0.